The van der Waals surface area contributed by atoms with Gasteiger partial charge in [0.05, 0.1) is 0 Å². The van der Waals surface area contributed by atoms with Gasteiger partial charge in [-0.15, -0.1) is 0 Å². The Balaban J connectivity index is 1.70. The highest BCUT2D eigenvalue weighted by molar-refractivity contribution is 6.21. The largest absolute Gasteiger partial charge is 0.0616 e. The van der Waals surface area contributed by atoms with Crippen LogP contribution in [0, 0.1) is 0 Å². The minimum atomic E-state index is 0.530. The molecule has 0 aliphatic heterocycles. The third-order valence-corrected chi connectivity index (χ3v) is 6.84. The molecule has 0 heteroatoms. The van der Waals surface area contributed by atoms with Gasteiger partial charge in [0, 0.05) is 0 Å². The van der Waals surface area contributed by atoms with Gasteiger partial charge in [0.25, 0.3) is 0 Å². The summed E-state index contributed by atoms with van der Waals surface area (Å²) in [5, 5.41) is 7.75. The van der Waals surface area contributed by atoms with Crippen LogP contribution in [0.1, 0.15) is 25.3 Å². The summed E-state index contributed by atoms with van der Waals surface area (Å²) in [4.78, 5) is 0. The zero-order chi connectivity index (χ0) is 22.4. The molecule has 33 heavy (non-hydrogen) atoms. The van der Waals surface area contributed by atoms with Crippen LogP contribution in [0.3, 0.4) is 0 Å². The molecule has 6 aromatic carbocycles. The highest BCUT2D eigenvalue weighted by Gasteiger charge is 2.16. The molecule has 0 nitrogen and oxygen atoms in total. The van der Waals surface area contributed by atoms with E-state index < -0.39 is 0 Å². The molecule has 0 bridgehead atoms. The summed E-state index contributed by atoms with van der Waals surface area (Å²) >= 11 is 0. The van der Waals surface area contributed by atoms with Crippen molar-refractivity contribution >= 4 is 32.3 Å². The summed E-state index contributed by atoms with van der Waals surface area (Å²) in [5.74, 6) is 0.530. The molecule has 0 spiro atoms. The van der Waals surface area contributed by atoms with E-state index in [2.05, 4.69) is 129 Å². The molecule has 158 valence electrons. The molecular formula is C33H26. The smallest absolute Gasteiger partial charge is 0.00262 e. The lowest BCUT2D eigenvalue weighted by Gasteiger charge is -2.18. The fourth-order valence-corrected chi connectivity index (χ4v) is 5.13. The van der Waals surface area contributed by atoms with Crippen molar-refractivity contribution in [2.45, 2.75) is 19.8 Å². The molecule has 0 saturated carbocycles. The minimum Gasteiger partial charge on any atom is -0.0616 e. The second-order valence-electron chi connectivity index (χ2n) is 9.18. The fraction of sp³-hybridized carbons (Fsp3) is 0.0909. The van der Waals surface area contributed by atoms with E-state index >= 15 is 0 Å². The van der Waals surface area contributed by atoms with Crippen LogP contribution in [0.2, 0.25) is 0 Å². The molecule has 6 aromatic rings. The maximum Gasteiger partial charge on any atom is -0.00262 e. The van der Waals surface area contributed by atoms with E-state index in [4.69, 9.17) is 0 Å². The monoisotopic (exact) mass is 422 g/mol. The lowest BCUT2D eigenvalue weighted by atomic mass is 9.85. The van der Waals surface area contributed by atoms with E-state index in [1.165, 1.54) is 60.1 Å². The summed E-state index contributed by atoms with van der Waals surface area (Å²) < 4.78 is 0. The third kappa shape index (κ3) is 3.31. The lowest BCUT2D eigenvalue weighted by molar-refractivity contribution is 0.867. The van der Waals surface area contributed by atoms with E-state index in [1.807, 2.05) is 0 Å². The topological polar surface area (TPSA) is 0 Å². The van der Waals surface area contributed by atoms with E-state index in [0.29, 0.717) is 5.92 Å². The molecule has 0 atom stereocenters. The van der Waals surface area contributed by atoms with Crippen LogP contribution in [0.25, 0.3) is 54.6 Å². The minimum absolute atomic E-state index is 0.530. The van der Waals surface area contributed by atoms with Crippen molar-refractivity contribution in [3.63, 3.8) is 0 Å². The van der Waals surface area contributed by atoms with Gasteiger partial charge in [-0.05, 0) is 72.1 Å². The van der Waals surface area contributed by atoms with Gasteiger partial charge in [-0.2, -0.15) is 0 Å². The molecule has 0 heterocycles. The van der Waals surface area contributed by atoms with E-state index in [0.717, 1.165) is 0 Å². The van der Waals surface area contributed by atoms with E-state index in [9.17, 15) is 0 Å². The van der Waals surface area contributed by atoms with Gasteiger partial charge in [0.2, 0.25) is 0 Å². The molecule has 0 aromatic heterocycles. The van der Waals surface area contributed by atoms with Crippen molar-refractivity contribution in [3.8, 4) is 22.3 Å². The molecule has 0 aliphatic rings. The van der Waals surface area contributed by atoms with Crippen molar-refractivity contribution in [2.24, 2.45) is 0 Å². The molecule has 0 unspecified atom stereocenters. The Morgan fingerprint density at radius 1 is 0.424 bits per heavy atom. The van der Waals surface area contributed by atoms with Crippen molar-refractivity contribution in [2.75, 3.05) is 0 Å². The Hall–Kier alpha value is -3.90. The first-order chi connectivity index (χ1) is 16.2. The number of benzene rings is 6. The maximum absolute atomic E-state index is 2.33. The van der Waals surface area contributed by atoms with Gasteiger partial charge in [0.1, 0.15) is 0 Å². The fourth-order valence-electron chi connectivity index (χ4n) is 5.13. The van der Waals surface area contributed by atoms with E-state index in [1.54, 1.807) is 0 Å². The molecule has 0 radical (unpaired) electrons. The number of hydrogen-bond acceptors (Lipinski definition) is 0. The normalized spacial score (nSPS) is 11.6. The van der Waals surface area contributed by atoms with Crippen LogP contribution in [-0.2, 0) is 0 Å². The maximum atomic E-state index is 2.33. The first-order valence-corrected chi connectivity index (χ1v) is 11.7. The summed E-state index contributed by atoms with van der Waals surface area (Å²) in [7, 11) is 0. The standard InChI is InChI=1S/C33H26/c1-22(2)23-15-18-25(19-16-23)32-28-11-5-7-13-30(28)33(31-14-8-6-12-29(31)32)27-20-17-24-9-3-4-10-26(24)21-27/h3-22H,1-2H3. The molecular weight excluding hydrogens is 396 g/mol. The van der Waals surface area contributed by atoms with Gasteiger partial charge in [-0.3, -0.25) is 0 Å². The average molecular weight is 423 g/mol. The van der Waals surface area contributed by atoms with Crippen molar-refractivity contribution < 1.29 is 0 Å². The van der Waals surface area contributed by atoms with Crippen LogP contribution in [0.5, 0.6) is 0 Å². The van der Waals surface area contributed by atoms with Crippen molar-refractivity contribution in [1.29, 1.82) is 0 Å². The predicted octanol–water partition coefficient (Wildman–Crippen LogP) is 9.60. The van der Waals surface area contributed by atoms with Crippen LogP contribution in [0.15, 0.2) is 115 Å². The molecule has 0 amide bonds. The van der Waals surface area contributed by atoms with Gasteiger partial charge in [0.15, 0.2) is 0 Å². The van der Waals surface area contributed by atoms with Gasteiger partial charge >= 0.3 is 0 Å². The van der Waals surface area contributed by atoms with Crippen LogP contribution >= 0.6 is 0 Å². The molecule has 0 N–H and O–H groups in total. The molecule has 0 saturated heterocycles. The summed E-state index contributed by atoms with van der Waals surface area (Å²) in [6, 6.07) is 42.3. The summed E-state index contributed by atoms with van der Waals surface area (Å²) in [5.41, 5.74) is 6.55. The summed E-state index contributed by atoms with van der Waals surface area (Å²) in [6.07, 6.45) is 0. The van der Waals surface area contributed by atoms with Crippen LogP contribution in [0.4, 0.5) is 0 Å². The Bertz CT molecular complexity index is 1560. The van der Waals surface area contributed by atoms with Gasteiger partial charge in [-0.25, -0.2) is 0 Å². The lowest BCUT2D eigenvalue weighted by Crippen LogP contribution is -1.92. The number of rotatable bonds is 3. The highest BCUT2D eigenvalue weighted by Crippen LogP contribution is 2.44. The first kappa shape index (κ1) is 19.8. The van der Waals surface area contributed by atoms with Gasteiger partial charge in [-0.1, -0.05) is 123 Å². The zero-order valence-electron chi connectivity index (χ0n) is 19.0. The Labute approximate surface area is 195 Å². The Morgan fingerprint density at radius 3 is 1.42 bits per heavy atom. The third-order valence-electron chi connectivity index (χ3n) is 6.84. The van der Waals surface area contributed by atoms with E-state index in [-0.39, 0.29) is 0 Å². The van der Waals surface area contributed by atoms with Crippen LogP contribution in [-0.4, -0.2) is 0 Å². The Kier molecular flexibility index (Phi) is 4.73. The molecule has 0 fully saturated rings. The zero-order valence-corrected chi connectivity index (χ0v) is 19.0. The van der Waals surface area contributed by atoms with Crippen LogP contribution < -0.4 is 0 Å². The quantitative estimate of drug-likeness (QED) is 0.249. The Morgan fingerprint density at radius 2 is 0.879 bits per heavy atom. The highest BCUT2D eigenvalue weighted by atomic mass is 14.2. The molecule has 0 aliphatic carbocycles. The van der Waals surface area contributed by atoms with Crippen molar-refractivity contribution in [1.82, 2.24) is 0 Å². The van der Waals surface area contributed by atoms with Crippen molar-refractivity contribution in [3.05, 3.63) is 121 Å². The first-order valence-electron chi connectivity index (χ1n) is 11.7. The SMILES string of the molecule is CC(C)c1ccc(-c2c3ccccc3c(-c3ccc4ccccc4c3)c3ccccc23)cc1. The number of fused-ring (bicyclic) bond motifs is 3. The second kappa shape index (κ2) is 7.90. The van der Waals surface area contributed by atoms with Gasteiger partial charge < -0.3 is 0 Å². The predicted molar refractivity (Wildman–Crippen MR) is 144 cm³/mol. The number of hydrogen-bond donors (Lipinski definition) is 0. The summed E-state index contributed by atoms with van der Waals surface area (Å²) in [6.45, 7) is 4.50. The average Bonchev–Trinajstić information content (AvgIpc) is 2.87. The molecule has 6 rings (SSSR count). The second-order valence-corrected chi connectivity index (χ2v) is 9.18.